The monoisotopic (exact) mass is 379 g/mol. The van der Waals surface area contributed by atoms with Gasteiger partial charge in [0.05, 0.1) is 12.7 Å². The van der Waals surface area contributed by atoms with Crippen LogP contribution >= 0.6 is 0 Å². The number of primary amides is 1. The van der Waals surface area contributed by atoms with E-state index in [0.717, 1.165) is 5.56 Å². The van der Waals surface area contributed by atoms with Crippen LogP contribution in [0.2, 0.25) is 0 Å². The summed E-state index contributed by atoms with van der Waals surface area (Å²) >= 11 is 0. The molecule has 1 unspecified atom stereocenters. The molecular weight excluding hydrogens is 358 g/mol. The van der Waals surface area contributed by atoms with Gasteiger partial charge in [-0.25, -0.2) is 4.79 Å². The highest BCUT2D eigenvalue weighted by molar-refractivity contribution is 5.84. The first-order valence-electron chi connectivity index (χ1n) is 8.41. The van der Waals surface area contributed by atoms with Gasteiger partial charge in [0.1, 0.15) is 17.8 Å². The molecule has 1 saturated heterocycles. The van der Waals surface area contributed by atoms with Gasteiger partial charge in [-0.3, -0.25) is 4.79 Å². The third-order valence-electron chi connectivity index (χ3n) is 4.54. The van der Waals surface area contributed by atoms with Crippen LogP contribution in [-0.2, 0) is 14.3 Å². The van der Waals surface area contributed by atoms with Crippen LogP contribution in [-0.4, -0.2) is 52.4 Å². The Hall–Kier alpha value is -2.30. The van der Waals surface area contributed by atoms with Gasteiger partial charge in [0, 0.05) is 17.9 Å². The molecule has 1 amide bonds. The van der Waals surface area contributed by atoms with Crippen molar-refractivity contribution in [3.63, 3.8) is 0 Å². The van der Waals surface area contributed by atoms with Crippen molar-refractivity contribution in [2.24, 2.45) is 5.73 Å². The molecule has 9 heteroatoms. The number of amides is 1. The number of aliphatic hydroxyl groups is 3. The Morgan fingerprint density at radius 2 is 2.11 bits per heavy atom. The lowest BCUT2D eigenvalue weighted by atomic mass is 10.0. The molecule has 1 fully saturated rings. The molecule has 9 nitrogen and oxygen atoms in total. The highest BCUT2D eigenvalue weighted by Gasteiger charge is 2.38. The minimum atomic E-state index is -1.26. The topological polar surface area (TPSA) is 152 Å². The minimum absolute atomic E-state index is 0.108. The molecule has 1 aromatic carbocycles. The van der Waals surface area contributed by atoms with E-state index in [1.54, 1.807) is 19.1 Å². The maximum absolute atomic E-state index is 11.9. The zero-order chi connectivity index (χ0) is 19.7. The Labute approximate surface area is 153 Å². The summed E-state index contributed by atoms with van der Waals surface area (Å²) in [6, 6.07) is 6.14. The molecule has 1 aliphatic heterocycles. The molecule has 0 aliphatic carbocycles. The highest BCUT2D eigenvalue weighted by Crippen LogP contribution is 2.29. The number of aryl methyl sites for hydroxylation is 1. The smallest absolute Gasteiger partial charge is 0.336 e. The van der Waals surface area contributed by atoms with Crippen molar-refractivity contribution >= 4 is 16.9 Å². The Bertz CT molecular complexity index is 895. The van der Waals surface area contributed by atoms with Crippen molar-refractivity contribution in [3.05, 3.63) is 45.8 Å². The van der Waals surface area contributed by atoms with E-state index in [-0.39, 0.29) is 12.0 Å². The Kier molecular flexibility index (Phi) is 5.59. The van der Waals surface area contributed by atoms with Crippen molar-refractivity contribution in [1.29, 1.82) is 0 Å². The van der Waals surface area contributed by atoms with Crippen LogP contribution in [0.3, 0.4) is 0 Å². The molecule has 0 spiro atoms. The van der Waals surface area contributed by atoms with E-state index in [1.807, 2.05) is 0 Å². The van der Waals surface area contributed by atoms with Crippen LogP contribution in [0.4, 0.5) is 0 Å². The fraction of sp³-hybridized carbons (Fsp3) is 0.444. The van der Waals surface area contributed by atoms with Crippen molar-refractivity contribution in [2.75, 3.05) is 6.61 Å². The molecule has 1 aromatic heterocycles. The third kappa shape index (κ3) is 4.02. The summed E-state index contributed by atoms with van der Waals surface area (Å²) in [7, 11) is 0. The van der Waals surface area contributed by atoms with E-state index in [2.05, 4.69) is 0 Å². The van der Waals surface area contributed by atoms with Gasteiger partial charge in [-0.15, -0.1) is 0 Å². The van der Waals surface area contributed by atoms with Gasteiger partial charge in [-0.05, 0) is 24.1 Å². The molecule has 2 heterocycles. The number of carbonyl (C=O) groups excluding carboxylic acids is 1. The van der Waals surface area contributed by atoms with E-state index in [9.17, 15) is 24.9 Å². The Morgan fingerprint density at radius 3 is 2.78 bits per heavy atom. The molecule has 146 valence electrons. The SMILES string of the molecule is Cc1cc(=O)oc2cc(C(O[C@H]3C[C@@H](O)[C@H](O)[C@@H](CO)O3)C(N)=O)ccc12. The summed E-state index contributed by atoms with van der Waals surface area (Å²) in [4.78, 5) is 23.5. The average molecular weight is 379 g/mol. The minimum Gasteiger partial charge on any atom is -0.423 e. The van der Waals surface area contributed by atoms with Crippen LogP contribution in [0, 0.1) is 6.92 Å². The van der Waals surface area contributed by atoms with Crippen molar-refractivity contribution in [2.45, 2.75) is 44.1 Å². The summed E-state index contributed by atoms with van der Waals surface area (Å²) in [6.45, 7) is 1.23. The zero-order valence-electron chi connectivity index (χ0n) is 14.6. The van der Waals surface area contributed by atoms with Gasteiger partial charge in [0.25, 0.3) is 5.91 Å². The number of rotatable bonds is 5. The van der Waals surface area contributed by atoms with Crippen molar-refractivity contribution in [1.82, 2.24) is 0 Å². The van der Waals surface area contributed by atoms with Crippen LogP contribution in [0.1, 0.15) is 23.7 Å². The van der Waals surface area contributed by atoms with Crippen molar-refractivity contribution in [3.8, 4) is 0 Å². The maximum atomic E-state index is 11.9. The number of ether oxygens (including phenoxy) is 2. The highest BCUT2D eigenvalue weighted by atomic mass is 16.7. The molecule has 2 aromatic rings. The molecular formula is C18H21NO8. The summed E-state index contributed by atoms with van der Waals surface area (Å²) in [5, 5.41) is 29.6. The molecule has 3 rings (SSSR count). The number of carbonyl (C=O) groups is 1. The van der Waals surface area contributed by atoms with Gasteiger partial charge in [-0.2, -0.15) is 0 Å². The van der Waals surface area contributed by atoms with Gasteiger partial charge >= 0.3 is 5.63 Å². The number of benzene rings is 1. The molecule has 0 saturated carbocycles. The molecule has 5 N–H and O–H groups in total. The fourth-order valence-corrected chi connectivity index (χ4v) is 3.12. The molecule has 27 heavy (non-hydrogen) atoms. The van der Waals surface area contributed by atoms with Gasteiger partial charge in [-0.1, -0.05) is 12.1 Å². The number of aliphatic hydroxyl groups excluding tert-OH is 3. The third-order valence-corrected chi connectivity index (χ3v) is 4.54. The van der Waals surface area contributed by atoms with E-state index < -0.39 is 48.8 Å². The number of nitrogens with two attached hydrogens (primary N) is 1. The van der Waals surface area contributed by atoms with Crippen molar-refractivity contribution < 1.29 is 34.0 Å². The standard InChI is InChI=1S/C18H21NO8/c1-8-4-14(22)25-12-5-9(2-3-10(8)12)17(18(19)24)27-15-6-11(21)16(23)13(7-20)26-15/h2-5,11,13,15-17,20-21,23H,6-7H2,1H3,(H2,19,24)/t11-,13-,15+,16+,17?/m1/s1. The first-order valence-corrected chi connectivity index (χ1v) is 8.41. The number of hydrogen-bond acceptors (Lipinski definition) is 8. The maximum Gasteiger partial charge on any atom is 0.336 e. The lowest BCUT2D eigenvalue weighted by Gasteiger charge is -2.37. The Balaban J connectivity index is 1.89. The summed E-state index contributed by atoms with van der Waals surface area (Å²) in [5.74, 6) is -0.811. The second-order valence-electron chi connectivity index (χ2n) is 6.50. The van der Waals surface area contributed by atoms with E-state index in [1.165, 1.54) is 12.1 Å². The summed E-state index contributed by atoms with van der Waals surface area (Å²) < 4.78 is 16.2. The normalized spacial score (nSPS) is 26.8. The first kappa shape index (κ1) is 19.5. The van der Waals surface area contributed by atoms with Gasteiger partial charge < -0.3 is 34.9 Å². The fourth-order valence-electron chi connectivity index (χ4n) is 3.12. The number of fused-ring (bicyclic) bond motifs is 1. The average Bonchev–Trinajstić information content (AvgIpc) is 2.61. The largest absolute Gasteiger partial charge is 0.423 e. The quantitative estimate of drug-likeness (QED) is 0.506. The zero-order valence-corrected chi connectivity index (χ0v) is 14.6. The molecule has 5 atom stereocenters. The van der Waals surface area contributed by atoms with Gasteiger partial charge in [0.15, 0.2) is 12.4 Å². The second-order valence-corrected chi connectivity index (χ2v) is 6.50. The lowest BCUT2D eigenvalue weighted by molar-refractivity contribution is -0.267. The summed E-state index contributed by atoms with van der Waals surface area (Å²) in [6.07, 6.45) is -5.93. The molecule has 0 bridgehead atoms. The van der Waals surface area contributed by atoms with E-state index in [4.69, 9.17) is 19.6 Å². The molecule has 0 radical (unpaired) electrons. The second kappa shape index (κ2) is 7.75. The molecule has 1 aliphatic rings. The predicted molar refractivity (Wildman–Crippen MR) is 92.6 cm³/mol. The summed E-state index contributed by atoms with van der Waals surface area (Å²) in [5.41, 5.74) is 6.27. The predicted octanol–water partition coefficient (Wildman–Crippen LogP) is -0.526. The Morgan fingerprint density at radius 1 is 1.37 bits per heavy atom. The van der Waals surface area contributed by atoms with E-state index >= 15 is 0 Å². The van der Waals surface area contributed by atoms with Crippen LogP contribution in [0.25, 0.3) is 11.0 Å². The van der Waals surface area contributed by atoms with E-state index in [0.29, 0.717) is 10.9 Å². The number of hydrogen-bond donors (Lipinski definition) is 4. The lowest BCUT2D eigenvalue weighted by Crippen LogP contribution is -2.51. The first-order chi connectivity index (χ1) is 12.8. The van der Waals surface area contributed by atoms with Crippen LogP contribution in [0.15, 0.2) is 33.5 Å². The van der Waals surface area contributed by atoms with Gasteiger partial charge in [0.2, 0.25) is 0 Å². The van der Waals surface area contributed by atoms with Crippen LogP contribution < -0.4 is 11.4 Å². The van der Waals surface area contributed by atoms with Crippen LogP contribution in [0.5, 0.6) is 0 Å².